The van der Waals surface area contributed by atoms with Crippen molar-refractivity contribution in [3.05, 3.63) is 99.9 Å². The van der Waals surface area contributed by atoms with Crippen LogP contribution in [0.3, 0.4) is 0 Å². The first-order valence-electron chi connectivity index (χ1n) is 11.0. The van der Waals surface area contributed by atoms with Crippen molar-refractivity contribution in [1.29, 1.82) is 0 Å². The van der Waals surface area contributed by atoms with E-state index in [-0.39, 0.29) is 5.63 Å². The zero-order valence-corrected chi connectivity index (χ0v) is 18.5. The molecule has 5 rings (SSSR count). The summed E-state index contributed by atoms with van der Waals surface area (Å²) in [7, 11) is 0. The van der Waals surface area contributed by atoms with E-state index in [2.05, 4.69) is 58.7 Å². The van der Waals surface area contributed by atoms with Crippen LogP contribution >= 0.6 is 11.6 Å². The van der Waals surface area contributed by atoms with Gasteiger partial charge in [0, 0.05) is 29.1 Å². The van der Waals surface area contributed by atoms with Crippen molar-refractivity contribution in [1.82, 2.24) is 5.32 Å². The summed E-state index contributed by atoms with van der Waals surface area (Å²) in [5.74, 6) is 0. The molecule has 0 unspecified atom stereocenters. The summed E-state index contributed by atoms with van der Waals surface area (Å²) in [6.07, 6.45) is 2.04. The Kier molecular flexibility index (Phi) is 5.97. The van der Waals surface area contributed by atoms with Gasteiger partial charge in [-0.05, 0) is 60.8 Å². The quantitative estimate of drug-likeness (QED) is 0.391. The molecule has 1 aliphatic heterocycles. The maximum absolute atomic E-state index is 12.4. The van der Waals surface area contributed by atoms with Crippen molar-refractivity contribution >= 4 is 28.3 Å². The van der Waals surface area contributed by atoms with Crippen LogP contribution in [-0.2, 0) is 6.54 Å². The van der Waals surface area contributed by atoms with Crippen LogP contribution in [0, 0.1) is 0 Å². The Morgan fingerprint density at radius 1 is 0.906 bits per heavy atom. The molecular weight excluding hydrogens is 420 g/mol. The second-order valence-corrected chi connectivity index (χ2v) is 8.70. The number of fused-ring (bicyclic) bond motifs is 1. The summed E-state index contributed by atoms with van der Waals surface area (Å²) in [5, 5.41) is 4.94. The van der Waals surface area contributed by atoms with Crippen LogP contribution in [-0.4, -0.2) is 19.1 Å². The van der Waals surface area contributed by atoms with Crippen LogP contribution in [0.15, 0.2) is 88.1 Å². The number of benzene rings is 3. The highest BCUT2D eigenvalue weighted by molar-refractivity contribution is 6.31. The third-order valence-corrected chi connectivity index (χ3v) is 6.39. The SMILES string of the molecule is O=c1cc(N(Cc2ccc(-c3ccccc3)cc2)C2CCNCC2)c2cc(Cl)ccc2o1. The molecule has 0 radical (unpaired) electrons. The monoisotopic (exact) mass is 444 g/mol. The van der Waals surface area contributed by atoms with Gasteiger partial charge in [-0.3, -0.25) is 0 Å². The first-order valence-corrected chi connectivity index (χ1v) is 11.4. The number of rotatable bonds is 5. The molecule has 5 heteroatoms. The Morgan fingerprint density at radius 2 is 1.62 bits per heavy atom. The lowest BCUT2D eigenvalue weighted by atomic mass is 10.0. The molecule has 0 aliphatic carbocycles. The molecule has 1 aromatic heterocycles. The first-order chi connectivity index (χ1) is 15.7. The molecule has 0 atom stereocenters. The third-order valence-electron chi connectivity index (χ3n) is 6.16. The van der Waals surface area contributed by atoms with Crippen LogP contribution in [0.25, 0.3) is 22.1 Å². The van der Waals surface area contributed by atoms with E-state index in [1.54, 1.807) is 18.2 Å². The predicted molar refractivity (Wildman–Crippen MR) is 131 cm³/mol. The van der Waals surface area contributed by atoms with Gasteiger partial charge in [-0.2, -0.15) is 0 Å². The van der Waals surface area contributed by atoms with E-state index < -0.39 is 0 Å². The average Bonchev–Trinajstić information content (AvgIpc) is 2.84. The molecule has 2 heterocycles. The maximum Gasteiger partial charge on any atom is 0.338 e. The normalized spacial score (nSPS) is 14.5. The Balaban J connectivity index is 1.53. The van der Waals surface area contributed by atoms with Crippen molar-refractivity contribution in [3.63, 3.8) is 0 Å². The molecule has 4 nitrogen and oxygen atoms in total. The van der Waals surface area contributed by atoms with Gasteiger partial charge in [0.15, 0.2) is 0 Å². The molecule has 4 aromatic rings. The zero-order chi connectivity index (χ0) is 21.9. The summed E-state index contributed by atoms with van der Waals surface area (Å²) < 4.78 is 5.46. The van der Waals surface area contributed by atoms with E-state index in [0.29, 0.717) is 23.2 Å². The van der Waals surface area contributed by atoms with Crippen molar-refractivity contribution in [2.45, 2.75) is 25.4 Å². The van der Waals surface area contributed by atoms with Crippen LogP contribution in [0.5, 0.6) is 0 Å². The van der Waals surface area contributed by atoms with E-state index in [1.165, 1.54) is 16.7 Å². The number of nitrogens with zero attached hydrogens (tertiary/aromatic N) is 1. The van der Waals surface area contributed by atoms with Crippen molar-refractivity contribution in [2.75, 3.05) is 18.0 Å². The smallest absolute Gasteiger partial charge is 0.338 e. The van der Waals surface area contributed by atoms with Gasteiger partial charge < -0.3 is 14.6 Å². The molecule has 0 bridgehead atoms. The third kappa shape index (κ3) is 4.43. The molecular formula is C27H25ClN2O2. The van der Waals surface area contributed by atoms with Gasteiger partial charge in [-0.15, -0.1) is 0 Å². The first kappa shape index (κ1) is 20.8. The molecule has 1 N–H and O–H groups in total. The number of hydrogen-bond acceptors (Lipinski definition) is 4. The number of halogens is 1. The van der Waals surface area contributed by atoms with Crippen LogP contribution in [0.4, 0.5) is 5.69 Å². The second kappa shape index (κ2) is 9.19. The van der Waals surface area contributed by atoms with Gasteiger partial charge in [-0.1, -0.05) is 66.2 Å². The van der Waals surface area contributed by atoms with E-state index in [4.69, 9.17) is 16.0 Å². The van der Waals surface area contributed by atoms with Gasteiger partial charge >= 0.3 is 5.63 Å². The van der Waals surface area contributed by atoms with Gasteiger partial charge in [0.2, 0.25) is 0 Å². The molecule has 0 saturated carbocycles. The number of hydrogen-bond donors (Lipinski definition) is 1. The Bertz CT molecular complexity index is 1260. The minimum Gasteiger partial charge on any atom is -0.423 e. The molecule has 32 heavy (non-hydrogen) atoms. The highest BCUT2D eigenvalue weighted by Gasteiger charge is 2.24. The molecule has 1 aliphatic rings. The molecule has 0 spiro atoms. The fourth-order valence-electron chi connectivity index (χ4n) is 4.52. The summed E-state index contributed by atoms with van der Waals surface area (Å²) in [6.45, 7) is 2.65. The van der Waals surface area contributed by atoms with Crippen molar-refractivity contribution in [2.24, 2.45) is 0 Å². The van der Waals surface area contributed by atoms with Crippen LogP contribution < -0.4 is 15.8 Å². The van der Waals surface area contributed by atoms with Crippen molar-refractivity contribution < 1.29 is 4.42 Å². The number of piperidine rings is 1. The fourth-order valence-corrected chi connectivity index (χ4v) is 4.69. The second-order valence-electron chi connectivity index (χ2n) is 8.26. The predicted octanol–water partition coefficient (Wildman–Crippen LogP) is 5.87. The lowest BCUT2D eigenvalue weighted by Gasteiger charge is -2.37. The Labute approximate surface area is 192 Å². The van der Waals surface area contributed by atoms with Crippen LogP contribution in [0.1, 0.15) is 18.4 Å². The van der Waals surface area contributed by atoms with E-state index in [0.717, 1.165) is 37.0 Å². The number of nitrogens with one attached hydrogen (secondary N) is 1. The molecule has 0 amide bonds. The lowest BCUT2D eigenvalue weighted by Crippen LogP contribution is -2.43. The largest absolute Gasteiger partial charge is 0.423 e. The molecule has 1 fully saturated rings. The molecule has 162 valence electrons. The van der Waals surface area contributed by atoms with E-state index >= 15 is 0 Å². The summed E-state index contributed by atoms with van der Waals surface area (Å²) in [5.41, 5.74) is 4.71. The van der Waals surface area contributed by atoms with Gasteiger partial charge in [0.25, 0.3) is 0 Å². The lowest BCUT2D eigenvalue weighted by molar-refractivity contribution is 0.428. The molecule has 3 aromatic carbocycles. The topological polar surface area (TPSA) is 45.5 Å². The highest BCUT2D eigenvalue weighted by atomic mass is 35.5. The molecule has 1 saturated heterocycles. The Hall–Kier alpha value is -3.08. The minimum absolute atomic E-state index is 0.328. The Morgan fingerprint density at radius 3 is 2.38 bits per heavy atom. The highest BCUT2D eigenvalue weighted by Crippen LogP contribution is 2.32. The van der Waals surface area contributed by atoms with Gasteiger partial charge in [0.1, 0.15) is 5.58 Å². The van der Waals surface area contributed by atoms with E-state index in [1.807, 2.05) is 12.1 Å². The van der Waals surface area contributed by atoms with E-state index in [9.17, 15) is 4.79 Å². The van der Waals surface area contributed by atoms with Crippen molar-refractivity contribution in [3.8, 4) is 11.1 Å². The van der Waals surface area contributed by atoms with Crippen LogP contribution in [0.2, 0.25) is 5.02 Å². The maximum atomic E-state index is 12.4. The standard InChI is InChI=1S/C27H25ClN2O2/c28-22-10-11-26-24(16-22)25(17-27(31)32-26)30(23-12-14-29-15-13-23)18-19-6-8-21(9-7-19)20-4-2-1-3-5-20/h1-11,16-17,23,29H,12-15,18H2. The summed E-state index contributed by atoms with van der Waals surface area (Å²) in [4.78, 5) is 14.7. The zero-order valence-electron chi connectivity index (χ0n) is 17.8. The summed E-state index contributed by atoms with van der Waals surface area (Å²) >= 11 is 6.31. The summed E-state index contributed by atoms with van der Waals surface area (Å²) in [6, 6.07) is 26.4. The number of anilines is 1. The fraction of sp³-hybridized carbons (Fsp3) is 0.222. The minimum atomic E-state index is -0.340. The van der Waals surface area contributed by atoms with Gasteiger partial charge in [-0.25, -0.2) is 4.79 Å². The van der Waals surface area contributed by atoms with Gasteiger partial charge in [0.05, 0.1) is 5.69 Å². The average molecular weight is 445 g/mol.